The Morgan fingerprint density at radius 2 is 0.964 bits per heavy atom. The summed E-state index contributed by atoms with van der Waals surface area (Å²) in [7, 11) is 0. The first-order chi connectivity index (χ1) is 27.3. The van der Waals surface area contributed by atoms with Crippen molar-refractivity contribution >= 4 is 23.8 Å². The molecule has 0 saturated heterocycles. The van der Waals surface area contributed by atoms with Gasteiger partial charge in [-0.3, -0.25) is 14.4 Å². The van der Waals surface area contributed by atoms with E-state index in [-0.39, 0.29) is 18.7 Å². The molecule has 2 N–H and O–H groups in total. The topological polar surface area (TPSA) is 119 Å². The van der Waals surface area contributed by atoms with Crippen LogP contribution in [0, 0.1) is 0 Å². The molecular weight excluding hydrogens is 703 g/mol. The highest BCUT2D eigenvalue weighted by atomic mass is 16.6. The lowest BCUT2D eigenvalue weighted by atomic mass is 9.96. The summed E-state index contributed by atoms with van der Waals surface area (Å²) in [6.45, 7) is 6.42. The highest BCUT2D eigenvalue weighted by molar-refractivity contribution is 5.89. The van der Waals surface area contributed by atoms with E-state index >= 15 is 0 Å². The highest BCUT2D eigenvalue weighted by Crippen LogP contribution is 2.23. The van der Waals surface area contributed by atoms with E-state index in [1.165, 1.54) is 128 Å². The van der Waals surface area contributed by atoms with Crippen LogP contribution in [-0.2, 0) is 23.9 Å². The van der Waals surface area contributed by atoms with E-state index in [4.69, 9.17) is 9.47 Å². The monoisotopic (exact) mass is 786 g/mol. The van der Waals surface area contributed by atoms with Crippen molar-refractivity contribution in [2.75, 3.05) is 0 Å². The number of hydrogen-bond donors (Lipinski definition) is 2. The van der Waals surface area contributed by atoms with Crippen LogP contribution in [0.25, 0.3) is 0 Å². The smallest absolute Gasteiger partial charge is 0.338 e. The Balaban J connectivity index is 2.71. The van der Waals surface area contributed by atoms with Crippen molar-refractivity contribution in [1.82, 2.24) is 5.32 Å². The maximum Gasteiger partial charge on any atom is 0.338 e. The molecule has 0 spiro atoms. The number of rotatable bonds is 39. The van der Waals surface area contributed by atoms with Crippen molar-refractivity contribution in [2.24, 2.45) is 0 Å². The molecule has 0 aromatic heterocycles. The summed E-state index contributed by atoms with van der Waals surface area (Å²) >= 11 is 0. The van der Waals surface area contributed by atoms with Crippen LogP contribution < -0.4 is 5.32 Å². The van der Waals surface area contributed by atoms with Gasteiger partial charge in [0.25, 0.3) is 0 Å². The van der Waals surface area contributed by atoms with Crippen molar-refractivity contribution in [1.29, 1.82) is 0 Å². The summed E-state index contributed by atoms with van der Waals surface area (Å²) in [6, 6.07) is 8.16. The van der Waals surface area contributed by atoms with Gasteiger partial charge in [-0.05, 0) is 37.8 Å². The van der Waals surface area contributed by atoms with Crippen LogP contribution in [0.1, 0.15) is 237 Å². The van der Waals surface area contributed by atoms with E-state index in [9.17, 15) is 24.3 Å². The Kier molecular flexibility index (Phi) is 33.3. The molecule has 8 nitrogen and oxygen atoms in total. The standard InChI is InChI=1S/C48H83NO7/c1-4-7-9-11-13-15-17-19-20-21-23-25-27-29-34-38-44(50)49-42(6-3)47(56-46(53)40-39-45(51)52)43(55-48(54)41-35-31-30-32-36-41)37-33-28-26-24-22-18-16-14-12-10-8-5-2/h30-32,35-36,42-43,47H,4-29,33-34,37-40H2,1-3H3,(H,49,50)(H,51,52)/t42-,43+,47-/m0/s1. The molecule has 1 aromatic carbocycles. The van der Waals surface area contributed by atoms with Crippen LogP contribution in [0.5, 0.6) is 0 Å². The van der Waals surface area contributed by atoms with Gasteiger partial charge in [-0.25, -0.2) is 4.79 Å². The van der Waals surface area contributed by atoms with Gasteiger partial charge in [0.05, 0.1) is 24.4 Å². The first-order valence-corrected chi connectivity index (χ1v) is 23.3. The molecule has 56 heavy (non-hydrogen) atoms. The second-order valence-electron chi connectivity index (χ2n) is 16.1. The summed E-state index contributed by atoms with van der Waals surface area (Å²) in [5.41, 5.74) is 0.397. The lowest BCUT2D eigenvalue weighted by molar-refractivity contribution is -0.161. The number of benzene rings is 1. The number of amides is 1. The molecule has 0 bridgehead atoms. The first-order valence-electron chi connectivity index (χ1n) is 23.3. The van der Waals surface area contributed by atoms with Crippen LogP contribution in [0.3, 0.4) is 0 Å². The molecule has 322 valence electrons. The highest BCUT2D eigenvalue weighted by Gasteiger charge is 2.36. The number of carbonyl (C=O) groups is 4. The predicted octanol–water partition coefficient (Wildman–Crippen LogP) is 13.2. The van der Waals surface area contributed by atoms with Gasteiger partial charge in [-0.1, -0.05) is 199 Å². The number of unbranched alkanes of at least 4 members (excludes halogenated alkanes) is 25. The molecule has 0 unspecified atom stereocenters. The van der Waals surface area contributed by atoms with E-state index in [1.807, 2.05) is 13.0 Å². The maximum atomic E-state index is 13.4. The molecule has 1 rings (SSSR count). The number of ether oxygens (including phenoxy) is 2. The van der Waals surface area contributed by atoms with Crippen molar-refractivity contribution < 1.29 is 33.8 Å². The summed E-state index contributed by atoms with van der Waals surface area (Å²) in [6.07, 6.45) is 32.1. The molecule has 3 atom stereocenters. The van der Waals surface area contributed by atoms with Crippen LogP contribution in [0.2, 0.25) is 0 Å². The van der Waals surface area contributed by atoms with E-state index in [0.29, 0.717) is 24.8 Å². The number of nitrogens with one attached hydrogen (secondary N) is 1. The molecule has 8 heteroatoms. The number of carboxylic acid groups (broad SMARTS) is 1. The molecular formula is C48H83NO7. The van der Waals surface area contributed by atoms with E-state index in [1.54, 1.807) is 24.3 Å². The summed E-state index contributed by atoms with van der Waals surface area (Å²) in [4.78, 5) is 50.8. The molecule has 0 saturated carbocycles. The Labute approximate surface area is 342 Å². The van der Waals surface area contributed by atoms with E-state index < -0.39 is 36.2 Å². The lowest BCUT2D eigenvalue weighted by Gasteiger charge is -2.33. The van der Waals surface area contributed by atoms with Gasteiger partial charge >= 0.3 is 17.9 Å². The number of aliphatic carboxylic acids is 1. The quantitative estimate of drug-likeness (QED) is 0.0504. The lowest BCUT2D eigenvalue weighted by Crippen LogP contribution is -2.51. The average molecular weight is 786 g/mol. The van der Waals surface area contributed by atoms with Gasteiger partial charge in [-0.15, -0.1) is 0 Å². The van der Waals surface area contributed by atoms with Crippen LogP contribution in [-0.4, -0.2) is 47.2 Å². The SMILES string of the molecule is CCCCCCCCCCCCCCCCCC(=O)N[C@@H](CC)[C@H](OC(=O)CCC(=O)O)[C@@H](CCCCCCCCCCCCCC)OC(=O)c1ccccc1. The van der Waals surface area contributed by atoms with Crippen molar-refractivity contribution in [3.05, 3.63) is 35.9 Å². The zero-order chi connectivity index (χ0) is 40.9. The number of esters is 2. The Morgan fingerprint density at radius 1 is 0.536 bits per heavy atom. The normalized spacial score (nSPS) is 12.8. The van der Waals surface area contributed by atoms with Gasteiger partial charge in [-0.2, -0.15) is 0 Å². The minimum absolute atomic E-state index is 0.114. The third-order valence-electron chi connectivity index (χ3n) is 11.0. The number of carboxylic acids is 1. The molecule has 0 radical (unpaired) electrons. The molecule has 1 amide bonds. The van der Waals surface area contributed by atoms with Gasteiger partial charge in [0.15, 0.2) is 6.10 Å². The third kappa shape index (κ3) is 28.5. The molecule has 0 aliphatic rings. The van der Waals surface area contributed by atoms with Crippen LogP contribution in [0.15, 0.2) is 30.3 Å². The fourth-order valence-corrected chi connectivity index (χ4v) is 7.45. The van der Waals surface area contributed by atoms with E-state index in [0.717, 1.165) is 44.9 Å². The zero-order valence-electron chi connectivity index (χ0n) is 36.1. The Morgan fingerprint density at radius 3 is 1.39 bits per heavy atom. The van der Waals surface area contributed by atoms with Crippen molar-refractivity contribution in [3.63, 3.8) is 0 Å². The minimum Gasteiger partial charge on any atom is -0.481 e. The van der Waals surface area contributed by atoms with Gasteiger partial charge in [0.1, 0.15) is 6.10 Å². The first kappa shape index (κ1) is 51.1. The van der Waals surface area contributed by atoms with Gasteiger partial charge < -0.3 is 19.9 Å². The predicted molar refractivity (Wildman–Crippen MR) is 230 cm³/mol. The number of carbonyl (C=O) groups excluding carboxylic acids is 3. The summed E-state index contributed by atoms with van der Waals surface area (Å²) in [5.74, 6) is -2.40. The Hall–Kier alpha value is -2.90. The molecule has 0 aliphatic heterocycles. The van der Waals surface area contributed by atoms with Crippen LogP contribution >= 0.6 is 0 Å². The van der Waals surface area contributed by atoms with Crippen LogP contribution in [0.4, 0.5) is 0 Å². The van der Waals surface area contributed by atoms with Crippen molar-refractivity contribution in [2.45, 2.75) is 244 Å². The largest absolute Gasteiger partial charge is 0.481 e. The Bertz CT molecular complexity index is 1110. The molecule has 0 aliphatic carbocycles. The molecule has 1 aromatic rings. The second kappa shape index (κ2) is 36.4. The average Bonchev–Trinajstić information content (AvgIpc) is 3.20. The third-order valence-corrected chi connectivity index (χ3v) is 11.0. The molecule has 0 heterocycles. The van der Waals surface area contributed by atoms with Gasteiger partial charge in [0.2, 0.25) is 5.91 Å². The summed E-state index contributed by atoms with van der Waals surface area (Å²) in [5, 5.41) is 12.3. The minimum atomic E-state index is -1.09. The van der Waals surface area contributed by atoms with Crippen molar-refractivity contribution in [3.8, 4) is 0 Å². The van der Waals surface area contributed by atoms with E-state index in [2.05, 4.69) is 19.2 Å². The molecule has 0 fully saturated rings. The zero-order valence-corrected chi connectivity index (χ0v) is 36.1. The number of hydrogen-bond acceptors (Lipinski definition) is 6. The van der Waals surface area contributed by atoms with Gasteiger partial charge in [0, 0.05) is 6.42 Å². The summed E-state index contributed by atoms with van der Waals surface area (Å²) < 4.78 is 12.0. The maximum absolute atomic E-state index is 13.4. The fourth-order valence-electron chi connectivity index (χ4n) is 7.45. The second-order valence-corrected chi connectivity index (χ2v) is 16.1. The fraction of sp³-hybridized carbons (Fsp3) is 0.792.